The van der Waals surface area contributed by atoms with Gasteiger partial charge in [0.05, 0.1) is 12.3 Å². The average Bonchev–Trinajstić information content (AvgIpc) is 2.59. The minimum atomic E-state index is -0.401. The van der Waals surface area contributed by atoms with Crippen LogP contribution in [0.5, 0.6) is 0 Å². The predicted molar refractivity (Wildman–Crippen MR) is 98.4 cm³/mol. The molecular weight excluding hydrogens is 300 g/mol. The summed E-state index contributed by atoms with van der Waals surface area (Å²) in [4.78, 5) is 23.5. The molecule has 0 N–H and O–H groups in total. The number of carbonyl (C=O) groups excluding carboxylic acids is 2. The van der Waals surface area contributed by atoms with Gasteiger partial charge in [-0.2, -0.15) is 0 Å². The summed E-state index contributed by atoms with van der Waals surface area (Å²) in [5.41, 5.74) is 1.53. The van der Waals surface area contributed by atoms with Gasteiger partial charge in [-0.25, -0.2) is 0 Å². The largest absolute Gasteiger partial charge is 0.393 e. The van der Waals surface area contributed by atoms with Crippen molar-refractivity contribution in [3.63, 3.8) is 0 Å². The van der Waals surface area contributed by atoms with Crippen LogP contribution in [-0.2, 0) is 14.3 Å². The Morgan fingerprint density at radius 1 is 1.08 bits per heavy atom. The molecule has 24 heavy (non-hydrogen) atoms. The number of esters is 2. The second kappa shape index (κ2) is 7.01. The molecule has 0 aromatic heterocycles. The van der Waals surface area contributed by atoms with E-state index in [0.717, 1.165) is 24.8 Å². The Morgan fingerprint density at radius 3 is 2.00 bits per heavy atom. The maximum absolute atomic E-state index is 12.0. The number of hydrogen-bond acceptors (Lipinski definition) is 3. The van der Waals surface area contributed by atoms with Gasteiger partial charge < -0.3 is 4.74 Å². The van der Waals surface area contributed by atoms with Crippen LogP contribution in [-0.4, -0.2) is 11.9 Å². The standard InChI is InChI=1S/C21H36O3/c1-14(2)16(15-10-17(22)24-18(15)23)11-20(6,7)13-21(8,9)12-19(3,4)5/h15-16H,1,10-13H2,2-9H3. The van der Waals surface area contributed by atoms with Crippen molar-refractivity contribution >= 4 is 11.9 Å². The van der Waals surface area contributed by atoms with Gasteiger partial charge in [0.25, 0.3) is 0 Å². The fourth-order valence-corrected chi connectivity index (χ4v) is 4.92. The van der Waals surface area contributed by atoms with Crippen LogP contribution in [0.3, 0.4) is 0 Å². The van der Waals surface area contributed by atoms with Crippen molar-refractivity contribution < 1.29 is 14.3 Å². The zero-order valence-corrected chi connectivity index (χ0v) is 16.9. The van der Waals surface area contributed by atoms with Gasteiger partial charge in [-0.05, 0) is 48.3 Å². The molecule has 2 unspecified atom stereocenters. The highest BCUT2D eigenvalue weighted by Gasteiger charge is 2.42. The van der Waals surface area contributed by atoms with Crippen LogP contribution < -0.4 is 0 Å². The number of allylic oxidation sites excluding steroid dienone is 1. The van der Waals surface area contributed by atoms with E-state index in [1.165, 1.54) is 0 Å². The Kier molecular flexibility index (Phi) is 6.11. The fraction of sp³-hybridized carbons (Fsp3) is 0.810. The third-order valence-corrected chi connectivity index (χ3v) is 4.76. The van der Waals surface area contributed by atoms with Crippen LogP contribution in [0.25, 0.3) is 0 Å². The summed E-state index contributed by atoms with van der Waals surface area (Å²) >= 11 is 0. The first-order valence-corrected chi connectivity index (χ1v) is 9.02. The first-order valence-electron chi connectivity index (χ1n) is 9.02. The third-order valence-electron chi connectivity index (χ3n) is 4.76. The molecule has 1 rings (SSSR count). The van der Waals surface area contributed by atoms with E-state index in [-0.39, 0.29) is 40.5 Å². The van der Waals surface area contributed by atoms with Gasteiger partial charge in [-0.15, -0.1) is 0 Å². The van der Waals surface area contributed by atoms with Crippen LogP contribution in [0.1, 0.15) is 81.1 Å². The molecule has 138 valence electrons. The SMILES string of the molecule is C=C(C)C(CC(C)(C)CC(C)(C)CC(C)(C)C)C1CC(=O)OC1=O. The van der Waals surface area contributed by atoms with E-state index in [9.17, 15) is 9.59 Å². The lowest BCUT2D eigenvalue weighted by Crippen LogP contribution is -2.31. The molecule has 0 radical (unpaired) electrons. The van der Waals surface area contributed by atoms with E-state index in [1.807, 2.05) is 6.92 Å². The minimum Gasteiger partial charge on any atom is -0.393 e. The van der Waals surface area contributed by atoms with Crippen molar-refractivity contribution in [1.29, 1.82) is 0 Å². The van der Waals surface area contributed by atoms with Crippen molar-refractivity contribution in [2.24, 2.45) is 28.1 Å². The van der Waals surface area contributed by atoms with Gasteiger partial charge >= 0.3 is 11.9 Å². The lowest BCUT2D eigenvalue weighted by atomic mass is 9.64. The third kappa shape index (κ3) is 6.41. The summed E-state index contributed by atoms with van der Waals surface area (Å²) in [6, 6.07) is 0. The first-order chi connectivity index (χ1) is 10.6. The second-order valence-corrected chi connectivity index (χ2v) is 10.5. The maximum atomic E-state index is 12.0. The molecule has 2 atom stereocenters. The average molecular weight is 337 g/mol. The molecule has 1 heterocycles. The van der Waals surface area contributed by atoms with Crippen molar-refractivity contribution in [3.05, 3.63) is 12.2 Å². The Morgan fingerprint density at radius 2 is 1.62 bits per heavy atom. The van der Waals surface area contributed by atoms with Crippen LogP contribution in [0, 0.1) is 28.1 Å². The molecule has 1 saturated heterocycles. The molecule has 1 aliphatic heterocycles. The molecule has 0 saturated carbocycles. The maximum Gasteiger partial charge on any atom is 0.317 e. The lowest BCUT2D eigenvalue weighted by Gasteiger charge is -2.41. The van der Waals surface area contributed by atoms with Gasteiger partial charge in [-0.3, -0.25) is 9.59 Å². The molecule has 0 aromatic rings. The summed E-state index contributed by atoms with van der Waals surface area (Å²) in [7, 11) is 0. The number of ether oxygens (including phenoxy) is 1. The van der Waals surface area contributed by atoms with Crippen LogP contribution >= 0.6 is 0 Å². The van der Waals surface area contributed by atoms with Gasteiger partial charge in [0.15, 0.2) is 0 Å². The van der Waals surface area contributed by atoms with E-state index >= 15 is 0 Å². The monoisotopic (exact) mass is 336 g/mol. The van der Waals surface area contributed by atoms with E-state index in [2.05, 4.69) is 55.0 Å². The molecule has 1 aliphatic rings. The number of rotatable bonds is 7. The highest BCUT2D eigenvalue weighted by Crippen LogP contribution is 2.46. The molecular formula is C21H36O3. The number of hydrogen-bond donors (Lipinski definition) is 0. The first kappa shape index (κ1) is 20.9. The normalized spacial score (nSPS) is 20.9. The van der Waals surface area contributed by atoms with Crippen molar-refractivity contribution in [1.82, 2.24) is 0 Å². The molecule has 0 aromatic carbocycles. The van der Waals surface area contributed by atoms with Gasteiger partial charge in [0, 0.05) is 0 Å². The predicted octanol–water partition coefficient (Wildman–Crippen LogP) is 5.54. The van der Waals surface area contributed by atoms with Crippen molar-refractivity contribution in [2.75, 3.05) is 0 Å². The molecule has 3 nitrogen and oxygen atoms in total. The zero-order valence-electron chi connectivity index (χ0n) is 16.9. The Bertz CT molecular complexity index is 506. The Balaban J connectivity index is 2.87. The molecule has 1 fully saturated rings. The van der Waals surface area contributed by atoms with Crippen molar-refractivity contribution in [3.8, 4) is 0 Å². The summed E-state index contributed by atoms with van der Waals surface area (Å²) < 4.78 is 4.77. The van der Waals surface area contributed by atoms with Gasteiger partial charge in [0.1, 0.15) is 0 Å². The molecule has 0 spiro atoms. The van der Waals surface area contributed by atoms with E-state index in [1.54, 1.807) is 0 Å². The number of cyclic esters (lactones) is 2. The molecule has 0 aliphatic carbocycles. The van der Waals surface area contributed by atoms with E-state index in [4.69, 9.17) is 4.74 Å². The highest BCUT2D eigenvalue weighted by molar-refractivity contribution is 5.95. The molecule has 0 amide bonds. The van der Waals surface area contributed by atoms with E-state index in [0.29, 0.717) is 0 Å². The van der Waals surface area contributed by atoms with Crippen LogP contribution in [0.4, 0.5) is 0 Å². The minimum absolute atomic E-state index is 0.00406. The van der Waals surface area contributed by atoms with Gasteiger partial charge in [-0.1, -0.05) is 60.6 Å². The number of carbonyl (C=O) groups is 2. The lowest BCUT2D eigenvalue weighted by molar-refractivity contribution is -0.153. The molecule has 3 heteroatoms. The fourth-order valence-electron chi connectivity index (χ4n) is 4.92. The molecule has 0 bridgehead atoms. The Labute approximate surface area is 148 Å². The summed E-state index contributed by atoms with van der Waals surface area (Å²) in [6.07, 6.45) is 3.25. The zero-order chi connectivity index (χ0) is 18.9. The van der Waals surface area contributed by atoms with Crippen LogP contribution in [0.2, 0.25) is 0 Å². The Hall–Kier alpha value is -1.12. The quantitative estimate of drug-likeness (QED) is 0.348. The second-order valence-electron chi connectivity index (χ2n) is 10.5. The van der Waals surface area contributed by atoms with Crippen LogP contribution in [0.15, 0.2) is 12.2 Å². The summed E-state index contributed by atoms with van der Waals surface area (Å²) in [6.45, 7) is 22.0. The topological polar surface area (TPSA) is 43.4 Å². The van der Waals surface area contributed by atoms with Crippen molar-refractivity contribution in [2.45, 2.75) is 81.1 Å². The summed E-state index contributed by atoms with van der Waals surface area (Å²) in [5.74, 6) is -1.13. The summed E-state index contributed by atoms with van der Waals surface area (Å²) in [5, 5.41) is 0. The van der Waals surface area contributed by atoms with E-state index < -0.39 is 5.97 Å². The smallest absolute Gasteiger partial charge is 0.317 e. The highest BCUT2D eigenvalue weighted by atomic mass is 16.6. The van der Waals surface area contributed by atoms with Gasteiger partial charge in [0.2, 0.25) is 0 Å².